The van der Waals surface area contributed by atoms with Crippen LogP contribution in [-0.4, -0.2) is 36.7 Å². The Morgan fingerprint density at radius 1 is 1.00 bits per heavy atom. The summed E-state index contributed by atoms with van der Waals surface area (Å²) in [5.74, 6) is -0.0660. The van der Waals surface area contributed by atoms with Gasteiger partial charge in [-0.2, -0.15) is 4.31 Å². The van der Waals surface area contributed by atoms with Gasteiger partial charge in [-0.05, 0) is 55.2 Å². The van der Waals surface area contributed by atoms with Gasteiger partial charge in [0.1, 0.15) is 0 Å². The molecule has 2 N–H and O–H groups in total. The Balaban J connectivity index is 1.36. The molecule has 2 aromatic carbocycles. The molecule has 0 saturated carbocycles. The predicted octanol–water partition coefficient (Wildman–Crippen LogP) is 3.91. The van der Waals surface area contributed by atoms with Crippen molar-refractivity contribution in [1.29, 1.82) is 0 Å². The molecule has 0 spiro atoms. The Morgan fingerprint density at radius 2 is 1.76 bits per heavy atom. The molecule has 1 amide bonds. The minimum absolute atomic E-state index is 0.0660. The number of carbonyl (C=O) groups excluding carboxylic acids is 1. The topological polar surface area (TPSA) is 82.3 Å². The van der Waals surface area contributed by atoms with Gasteiger partial charge in [-0.3, -0.25) is 4.79 Å². The fourth-order valence-electron chi connectivity index (χ4n) is 3.75. The monoisotopic (exact) mass is 411 g/mol. The minimum atomic E-state index is -3.41. The summed E-state index contributed by atoms with van der Waals surface area (Å²) in [6.45, 7) is 1.19. The molecule has 152 valence electrons. The van der Waals surface area contributed by atoms with Gasteiger partial charge in [-0.1, -0.05) is 24.6 Å². The lowest BCUT2D eigenvalue weighted by molar-refractivity contribution is -0.116. The zero-order valence-electron chi connectivity index (χ0n) is 16.2. The predicted molar refractivity (Wildman–Crippen MR) is 114 cm³/mol. The average Bonchev–Trinajstić information content (AvgIpc) is 3.23. The van der Waals surface area contributed by atoms with Gasteiger partial charge in [-0.15, -0.1) is 0 Å². The second-order valence-electron chi connectivity index (χ2n) is 7.40. The molecule has 1 fully saturated rings. The molecular weight excluding hydrogens is 386 g/mol. The number of rotatable bonds is 6. The number of carbonyl (C=O) groups is 1. The van der Waals surface area contributed by atoms with Gasteiger partial charge in [0.2, 0.25) is 15.9 Å². The average molecular weight is 412 g/mol. The largest absolute Gasteiger partial charge is 0.361 e. The Hall–Kier alpha value is -2.64. The van der Waals surface area contributed by atoms with Crippen LogP contribution in [0.4, 0.5) is 5.69 Å². The van der Waals surface area contributed by atoms with Crippen molar-refractivity contribution >= 4 is 32.5 Å². The van der Waals surface area contributed by atoms with E-state index in [1.807, 2.05) is 30.5 Å². The normalized spacial score (nSPS) is 15.4. The third kappa shape index (κ3) is 4.36. The van der Waals surface area contributed by atoms with Crippen molar-refractivity contribution < 1.29 is 13.2 Å². The van der Waals surface area contributed by atoms with Crippen molar-refractivity contribution in [2.24, 2.45) is 0 Å². The molecule has 0 unspecified atom stereocenters. The summed E-state index contributed by atoms with van der Waals surface area (Å²) < 4.78 is 27.0. The number of aryl methyl sites for hydroxylation is 1. The van der Waals surface area contributed by atoms with Crippen molar-refractivity contribution in [3.63, 3.8) is 0 Å². The van der Waals surface area contributed by atoms with Gasteiger partial charge < -0.3 is 10.3 Å². The fraction of sp³-hybridized carbons (Fsp3) is 0.318. The van der Waals surface area contributed by atoms with Crippen molar-refractivity contribution in [3.05, 3.63) is 60.3 Å². The van der Waals surface area contributed by atoms with Crippen LogP contribution in [0.1, 0.15) is 31.2 Å². The molecule has 0 aliphatic carbocycles. The summed E-state index contributed by atoms with van der Waals surface area (Å²) in [5.41, 5.74) is 2.71. The molecule has 29 heavy (non-hydrogen) atoms. The highest BCUT2D eigenvalue weighted by molar-refractivity contribution is 7.89. The number of nitrogens with zero attached hydrogens (tertiary/aromatic N) is 1. The van der Waals surface area contributed by atoms with Crippen LogP contribution < -0.4 is 5.32 Å². The lowest BCUT2D eigenvalue weighted by Crippen LogP contribution is -2.35. The van der Waals surface area contributed by atoms with Crippen molar-refractivity contribution in [1.82, 2.24) is 9.29 Å². The first-order valence-corrected chi connectivity index (χ1v) is 11.4. The van der Waals surface area contributed by atoms with Crippen molar-refractivity contribution in [2.75, 3.05) is 18.4 Å². The molecule has 2 heterocycles. The molecule has 0 bridgehead atoms. The molecule has 1 saturated heterocycles. The summed E-state index contributed by atoms with van der Waals surface area (Å²) in [6.07, 6.45) is 5.66. The summed E-state index contributed by atoms with van der Waals surface area (Å²) in [5, 5.41) is 3.94. The number of anilines is 1. The van der Waals surface area contributed by atoms with E-state index in [-0.39, 0.29) is 5.91 Å². The summed E-state index contributed by atoms with van der Waals surface area (Å²) in [6, 6.07) is 14.6. The van der Waals surface area contributed by atoms with Crippen LogP contribution in [0.25, 0.3) is 10.9 Å². The molecular formula is C22H25N3O3S. The van der Waals surface area contributed by atoms with Gasteiger partial charge >= 0.3 is 0 Å². The SMILES string of the molecule is O=C(CCc1ccc(S(=O)(=O)N2CCCCC2)cc1)Nc1cccc2[nH]ccc12. The number of piperidine rings is 1. The number of amides is 1. The Kier molecular flexibility index (Phi) is 5.69. The van der Waals surface area contributed by atoms with Crippen LogP contribution in [0.5, 0.6) is 0 Å². The standard InChI is InChI=1S/C22H25N3O3S/c26-22(24-21-6-4-5-20-19(21)13-14-23-20)12-9-17-7-10-18(11-8-17)29(27,28)25-15-2-1-3-16-25/h4-8,10-11,13-14,23H,1-3,9,12,15-16H2,(H,24,26). The number of nitrogens with one attached hydrogen (secondary N) is 2. The number of H-pyrrole nitrogens is 1. The molecule has 3 aromatic rings. The Bertz CT molecular complexity index is 1100. The lowest BCUT2D eigenvalue weighted by atomic mass is 10.1. The molecule has 7 heteroatoms. The smallest absolute Gasteiger partial charge is 0.243 e. The molecule has 1 aliphatic rings. The summed E-state index contributed by atoms with van der Waals surface area (Å²) >= 11 is 0. The Labute approximate surface area is 171 Å². The third-order valence-electron chi connectivity index (χ3n) is 5.39. The fourth-order valence-corrected chi connectivity index (χ4v) is 5.26. The second-order valence-corrected chi connectivity index (χ2v) is 9.34. The van der Waals surface area contributed by atoms with Crippen LogP contribution in [0.2, 0.25) is 0 Å². The first-order chi connectivity index (χ1) is 14.0. The quantitative estimate of drug-likeness (QED) is 0.645. The number of hydrogen-bond acceptors (Lipinski definition) is 3. The van der Waals surface area contributed by atoms with Crippen LogP contribution in [-0.2, 0) is 21.2 Å². The molecule has 1 aromatic heterocycles. The zero-order chi connectivity index (χ0) is 20.3. The number of sulfonamides is 1. The van der Waals surface area contributed by atoms with E-state index in [1.54, 1.807) is 28.6 Å². The molecule has 0 radical (unpaired) electrons. The number of aromatic nitrogens is 1. The minimum Gasteiger partial charge on any atom is -0.361 e. The number of aromatic amines is 1. The number of hydrogen-bond donors (Lipinski definition) is 2. The van der Waals surface area contributed by atoms with E-state index in [0.717, 1.165) is 41.4 Å². The first kappa shape index (κ1) is 19.7. The molecule has 0 atom stereocenters. The number of fused-ring (bicyclic) bond motifs is 1. The molecule has 6 nitrogen and oxygen atoms in total. The van der Waals surface area contributed by atoms with Gasteiger partial charge in [0, 0.05) is 36.6 Å². The van der Waals surface area contributed by atoms with Crippen molar-refractivity contribution in [2.45, 2.75) is 37.0 Å². The van der Waals surface area contributed by atoms with E-state index in [0.29, 0.717) is 30.8 Å². The summed E-state index contributed by atoms with van der Waals surface area (Å²) in [4.78, 5) is 15.8. The van der Waals surface area contributed by atoms with Gasteiger partial charge in [-0.25, -0.2) is 8.42 Å². The van der Waals surface area contributed by atoms with Gasteiger partial charge in [0.05, 0.1) is 10.6 Å². The van der Waals surface area contributed by atoms with E-state index in [9.17, 15) is 13.2 Å². The van der Waals surface area contributed by atoms with Crippen LogP contribution in [0, 0.1) is 0 Å². The van der Waals surface area contributed by atoms with Crippen LogP contribution >= 0.6 is 0 Å². The summed E-state index contributed by atoms with van der Waals surface area (Å²) in [7, 11) is -3.41. The van der Waals surface area contributed by atoms with Crippen LogP contribution in [0.3, 0.4) is 0 Å². The van der Waals surface area contributed by atoms with Gasteiger partial charge in [0.15, 0.2) is 0 Å². The van der Waals surface area contributed by atoms with Gasteiger partial charge in [0.25, 0.3) is 0 Å². The maximum atomic E-state index is 12.7. The highest BCUT2D eigenvalue weighted by atomic mass is 32.2. The van der Waals surface area contributed by atoms with E-state index < -0.39 is 10.0 Å². The maximum absolute atomic E-state index is 12.7. The highest BCUT2D eigenvalue weighted by Gasteiger charge is 2.25. The van der Waals surface area contributed by atoms with E-state index in [4.69, 9.17) is 0 Å². The second kappa shape index (κ2) is 8.39. The van der Waals surface area contributed by atoms with Crippen LogP contribution in [0.15, 0.2) is 59.6 Å². The third-order valence-corrected chi connectivity index (χ3v) is 7.30. The van der Waals surface area contributed by atoms with E-state index in [1.165, 1.54) is 0 Å². The lowest BCUT2D eigenvalue weighted by Gasteiger charge is -2.25. The molecule has 4 rings (SSSR count). The highest BCUT2D eigenvalue weighted by Crippen LogP contribution is 2.23. The Morgan fingerprint density at radius 3 is 2.52 bits per heavy atom. The number of benzene rings is 2. The molecule has 1 aliphatic heterocycles. The van der Waals surface area contributed by atoms with E-state index in [2.05, 4.69) is 10.3 Å². The zero-order valence-corrected chi connectivity index (χ0v) is 17.0. The first-order valence-electron chi connectivity index (χ1n) is 9.99. The van der Waals surface area contributed by atoms with Crippen molar-refractivity contribution in [3.8, 4) is 0 Å². The maximum Gasteiger partial charge on any atom is 0.243 e. The van der Waals surface area contributed by atoms with E-state index >= 15 is 0 Å².